The van der Waals surface area contributed by atoms with Crippen LogP contribution in [0.25, 0.3) is 0 Å². The first-order valence-electron chi connectivity index (χ1n) is 7.68. The summed E-state index contributed by atoms with van der Waals surface area (Å²) in [5, 5.41) is 0.889. The molecule has 0 radical (unpaired) electrons. The Morgan fingerprint density at radius 2 is 1.85 bits per heavy atom. The maximum absolute atomic E-state index is 6.25. The van der Waals surface area contributed by atoms with Crippen molar-refractivity contribution in [2.75, 3.05) is 26.2 Å². The standard InChI is InChI=1S/C16H24ClN3/c17-16-4-2-1-3-13(16)11-19-8-7-15(12-19)20-9-5-14(18)6-10-20/h1-4,14-15H,5-12,18H2. The highest BCUT2D eigenvalue weighted by Crippen LogP contribution is 2.23. The van der Waals surface area contributed by atoms with Gasteiger partial charge in [0.15, 0.2) is 0 Å². The van der Waals surface area contributed by atoms with Crippen LogP contribution < -0.4 is 5.73 Å². The summed E-state index contributed by atoms with van der Waals surface area (Å²) in [7, 11) is 0. The second-order valence-corrected chi connectivity index (χ2v) is 6.55. The number of hydrogen-bond acceptors (Lipinski definition) is 3. The summed E-state index contributed by atoms with van der Waals surface area (Å²) in [6.07, 6.45) is 3.59. The molecule has 1 aromatic carbocycles. The molecule has 1 aromatic rings. The molecule has 0 saturated carbocycles. The molecule has 2 N–H and O–H groups in total. The molecule has 110 valence electrons. The van der Waals surface area contributed by atoms with Gasteiger partial charge in [-0.15, -0.1) is 0 Å². The van der Waals surface area contributed by atoms with Crippen molar-refractivity contribution in [2.45, 2.75) is 37.9 Å². The van der Waals surface area contributed by atoms with E-state index >= 15 is 0 Å². The Bertz CT molecular complexity index is 443. The summed E-state index contributed by atoms with van der Waals surface area (Å²) >= 11 is 6.25. The smallest absolute Gasteiger partial charge is 0.0451 e. The van der Waals surface area contributed by atoms with E-state index in [1.165, 1.54) is 38.2 Å². The number of benzene rings is 1. The molecule has 0 aliphatic carbocycles. The summed E-state index contributed by atoms with van der Waals surface area (Å²) in [6.45, 7) is 5.67. The van der Waals surface area contributed by atoms with Crippen molar-refractivity contribution in [1.82, 2.24) is 9.80 Å². The van der Waals surface area contributed by atoms with Crippen molar-refractivity contribution in [3.63, 3.8) is 0 Å². The van der Waals surface area contributed by atoms with Gasteiger partial charge in [0.25, 0.3) is 0 Å². The van der Waals surface area contributed by atoms with Gasteiger partial charge in [-0.1, -0.05) is 29.8 Å². The molecule has 0 aromatic heterocycles. The third kappa shape index (κ3) is 3.34. The highest BCUT2D eigenvalue weighted by atomic mass is 35.5. The number of piperidine rings is 1. The lowest BCUT2D eigenvalue weighted by atomic mass is 10.0. The number of rotatable bonds is 3. The normalized spacial score (nSPS) is 26.2. The number of nitrogens with zero attached hydrogens (tertiary/aromatic N) is 2. The minimum atomic E-state index is 0.423. The van der Waals surface area contributed by atoms with Crippen molar-refractivity contribution >= 4 is 11.6 Å². The van der Waals surface area contributed by atoms with Crippen LogP contribution in [0.2, 0.25) is 5.02 Å². The highest BCUT2D eigenvalue weighted by molar-refractivity contribution is 6.31. The monoisotopic (exact) mass is 293 g/mol. The Labute approximate surface area is 126 Å². The lowest BCUT2D eigenvalue weighted by Gasteiger charge is -2.34. The number of hydrogen-bond donors (Lipinski definition) is 1. The van der Waals surface area contributed by atoms with E-state index in [0.717, 1.165) is 24.4 Å². The van der Waals surface area contributed by atoms with Crippen molar-refractivity contribution in [3.8, 4) is 0 Å². The quantitative estimate of drug-likeness (QED) is 0.928. The van der Waals surface area contributed by atoms with E-state index in [2.05, 4.69) is 21.9 Å². The molecule has 2 aliphatic heterocycles. The van der Waals surface area contributed by atoms with Crippen LogP contribution in [0.5, 0.6) is 0 Å². The fourth-order valence-electron chi connectivity index (χ4n) is 3.41. The van der Waals surface area contributed by atoms with Crippen molar-refractivity contribution in [2.24, 2.45) is 5.73 Å². The van der Waals surface area contributed by atoms with Gasteiger partial charge in [-0.2, -0.15) is 0 Å². The number of halogens is 1. The molecule has 2 aliphatic rings. The first-order chi connectivity index (χ1) is 9.72. The van der Waals surface area contributed by atoms with Gasteiger partial charge in [-0.05, 0) is 44.0 Å². The van der Waals surface area contributed by atoms with Gasteiger partial charge < -0.3 is 5.73 Å². The van der Waals surface area contributed by atoms with Gasteiger partial charge in [-0.25, -0.2) is 0 Å². The molecular weight excluding hydrogens is 270 g/mol. The van der Waals surface area contributed by atoms with Crippen LogP contribution in [-0.4, -0.2) is 48.1 Å². The zero-order valence-corrected chi connectivity index (χ0v) is 12.7. The highest BCUT2D eigenvalue weighted by Gasteiger charge is 2.29. The summed E-state index contributed by atoms with van der Waals surface area (Å²) in [4.78, 5) is 5.16. The minimum Gasteiger partial charge on any atom is -0.328 e. The van der Waals surface area contributed by atoms with Crippen LogP contribution in [0.3, 0.4) is 0 Å². The molecule has 2 saturated heterocycles. The van der Waals surface area contributed by atoms with Gasteiger partial charge >= 0.3 is 0 Å². The van der Waals surface area contributed by atoms with E-state index in [-0.39, 0.29) is 0 Å². The Morgan fingerprint density at radius 3 is 2.60 bits per heavy atom. The molecule has 3 nitrogen and oxygen atoms in total. The van der Waals surface area contributed by atoms with E-state index in [1.54, 1.807) is 0 Å². The van der Waals surface area contributed by atoms with E-state index < -0.39 is 0 Å². The molecule has 20 heavy (non-hydrogen) atoms. The third-order valence-electron chi connectivity index (χ3n) is 4.69. The number of likely N-dealkylation sites (tertiary alicyclic amines) is 2. The molecule has 0 bridgehead atoms. The molecule has 0 spiro atoms. The second-order valence-electron chi connectivity index (χ2n) is 6.14. The van der Waals surface area contributed by atoms with Crippen molar-refractivity contribution in [1.29, 1.82) is 0 Å². The fraction of sp³-hybridized carbons (Fsp3) is 0.625. The average Bonchev–Trinajstić information content (AvgIpc) is 2.91. The number of nitrogens with two attached hydrogens (primary N) is 1. The Morgan fingerprint density at radius 1 is 1.10 bits per heavy atom. The summed E-state index contributed by atoms with van der Waals surface area (Å²) < 4.78 is 0. The Balaban J connectivity index is 1.53. The van der Waals surface area contributed by atoms with E-state index in [1.807, 2.05) is 12.1 Å². The minimum absolute atomic E-state index is 0.423. The van der Waals surface area contributed by atoms with Crippen LogP contribution in [0.1, 0.15) is 24.8 Å². The van der Waals surface area contributed by atoms with Crippen LogP contribution in [0.15, 0.2) is 24.3 Å². The van der Waals surface area contributed by atoms with E-state index in [9.17, 15) is 0 Å². The zero-order valence-electron chi connectivity index (χ0n) is 12.0. The van der Waals surface area contributed by atoms with E-state index in [4.69, 9.17) is 17.3 Å². The SMILES string of the molecule is NC1CCN(C2CCN(Cc3ccccc3Cl)C2)CC1. The molecule has 1 atom stereocenters. The van der Waals surface area contributed by atoms with Gasteiger partial charge in [0, 0.05) is 36.7 Å². The molecule has 1 unspecified atom stereocenters. The first-order valence-corrected chi connectivity index (χ1v) is 8.05. The van der Waals surface area contributed by atoms with Crippen LogP contribution in [0.4, 0.5) is 0 Å². The predicted molar refractivity (Wildman–Crippen MR) is 83.9 cm³/mol. The largest absolute Gasteiger partial charge is 0.328 e. The second kappa shape index (κ2) is 6.44. The van der Waals surface area contributed by atoms with Crippen molar-refractivity contribution < 1.29 is 0 Å². The molecule has 4 heteroatoms. The third-order valence-corrected chi connectivity index (χ3v) is 5.06. The van der Waals surface area contributed by atoms with Crippen LogP contribution in [0, 0.1) is 0 Å². The summed E-state index contributed by atoms with van der Waals surface area (Å²) in [5.74, 6) is 0. The predicted octanol–water partition coefficient (Wildman–Crippen LogP) is 2.34. The maximum Gasteiger partial charge on any atom is 0.0451 e. The topological polar surface area (TPSA) is 32.5 Å². The molecule has 3 rings (SSSR count). The Hall–Kier alpha value is -0.610. The van der Waals surface area contributed by atoms with Gasteiger partial charge in [0.2, 0.25) is 0 Å². The summed E-state index contributed by atoms with van der Waals surface area (Å²) in [5.41, 5.74) is 7.24. The lowest BCUT2D eigenvalue weighted by Crippen LogP contribution is -2.46. The van der Waals surface area contributed by atoms with E-state index in [0.29, 0.717) is 12.1 Å². The lowest BCUT2D eigenvalue weighted by molar-refractivity contribution is 0.151. The van der Waals surface area contributed by atoms with Gasteiger partial charge in [0.1, 0.15) is 0 Å². The Kier molecular flexibility index (Phi) is 4.61. The van der Waals surface area contributed by atoms with Crippen LogP contribution >= 0.6 is 11.6 Å². The van der Waals surface area contributed by atoms with Crippen molar-refractivity contribution in [3.05, 3.63) is 34.9 Å². The maximum atomic E-state index is 6.25. The van der Waals surface area contributed by atoms with Crippen LogP contribution in [-0.2, 0) is 6.54 Å². The molecule has 2 fully saturated rings. The average molecular weight is 294 g/mol. The molecule has 0 amide bonds. The van der Waals surface area contributed by atoms with Gasteiger partial charge in [0.05, 0.1) is 0 Å². The van der Waals surface area contributed by atoms with Gasteiger partial charge in [-0.3, -0.25) is 9.80 Å². The molecule has 2 heterocycles. The summed E-state index contributed by atoms with van der Waals surface area (Å²) in [6, 6.07) is 9.32. The molecular formula is C16H24ClN3. The zero-order chi connectivity index (χ0) is 13.9. The fourth-order valence-corrected chi connectivity index (χ4v) is 3.60. The first kappa shape index (κ1) is 14.3.